The molecule has 2 aromatic rings. The molecule has 0 fully saturated rings. The lowest BCUT2D eigenvalue weighted by Gasteiger charge is -1.95. The Bertz CT molecular complexity index is 460. The minimum atomic E-state index is 0.744. The summed E-state index contributed by atoms with van der Waals surface area (Å²) >= 11 is 0. The molecule has 0 N–H and O–H groups in total. The molecule has 0 amide bonds. The summed E-state index contributed by atoms with van der Waals surface area (Å²) in [6.07, 6.45) is 1.96. The number of hydrogen-bond acceptors (Lipinski definition) is 1. The summed E-state index contributed by atoms with van der Waals surface area (Å²) in [7, 11) is 1.98. The predicted octanol–water partition coefficient (Wildman–Crippen LogP) is 2.05. The summed E-state index contributed by atoms with van der Waals surface area (Å²) < 4.78 is 2.01. The molecule has 0 aliphatic rings. The molecule has 2 rings (SSSR count). The molecule has 0 saturated heterocycles. The molecule has 1 heterocycles. The van der Waals surface area contributed by atoms with Crippen LogP contribution in [0.3, 0.4) is 0 Å². The smallest absolute Gasteiger partial charge is 0.0998 e. The lowest BCUT2D eigenvalue weighted by molar-refractivity contribution is 0.969. The van der Waals surface area contributed by atoms with Gasteiger partial charge in [-0.2, -0.15) is 5.26 Å². The first-order valence-electron chi connectivity index (χ1n) is 3.77. The summed E-state index contributed by atoms with van der Waals surface area (Å²) in [5.41, 5.74) is 1.85. The van der Waals surface area contributed by atoms with Crippen molar-refractivity contribution in [3.63, 3.8) is 0 Å². The van der Waals surface area contributed by atoms with E-state index in [-0.39, 0.29) is 0 Å². The first-order valence-corrected chi connectivity index (χ1v) is 3.77. The van der Waals surface area contributed by atoms with Crippen LogP contribution in [-0.2, 0) is 7.05 Å². The number of benzene rings is 1. The molecule has 0 bridgehead atoms. The topological polar surface area (TPSA) is 28.7 Å². The Morgan fingerprint density at radius 1 is 1.33 bits per heavy atom. The fourth-order valence-corrected chi connectivity index (χ4v) is 1.40. The van der Waals surface area contributed by atoms with Crippen molar-refractivity contribution in [1.29, 1.82) is 5.26 Å². The Morgan fingerprint density at radius 2 is 2.17 bits per heavy atom. The van der Waals surface area contributed by atoms with Crippen molar-refractivity contribution in [1.82, 2.24) is 4.57 Å². The molecular formula is C10H8N2. The van der Waals surface area contributed by atoms with Gasteiger partial charge in [0.1, 0.15) is 0 Å². The Morgan fingerprint density at radius 3 is 2.92 bits per heavy atom. The van der Waals surface area contributed by atoms with E-state index < -0.39 is 0 Å². The lowest BCUT2D eigenvalue weighted by Crippen LogP contribution is -1.83. The largest absolute Gasteiger partial charge is 0.351 e. The normalized spacial score (nSPS) is 10.0. The quantitative estimate of drug-likeness (QED) is 0.573. The molecule has 2 nitrogen and oxygen atoms in total. The van der Waals surface area contributed by atoms with Gasteiger partial charge in [0.15, 0.2) is 0 Å². The fraction of sp³-hybridized carbons (Fsp3) is 0.100. The number of aryl methyl sites for hydroxylation is 1. The zero-order valence-corrected chi connectivity index (χ0v) is 6.78. The van der Waals surface area contributed by atoms with E-state index in [9.17, 15) is 0 Å². The van der Waals surface area contributed by atoms with E-state index in [1.807, 2.05) is 42.1 Å². The first kappa shape index (κ1) is 6.93. The number of hydrogen-bond donors (Lipinski definition) is 0. The standard InChI is InChI=1S/C10H8N2/c1-12-6-5-9-8(7-11)3-2-4-10(9)12/h2-6H,1H3. The Balaban J connectivity index is 2.92. The number of rotatable bonds is 0. The minimum absolute atomic E-state index is 0.744. The Kier molecular flexibility index (Phi) is 1.38. The third-order valence-electron chi connectivity index (χ3n) is 2.05. The van der Waals surface area contributed by atoms with E-state index in [0.717, 1.165) is 16.5 Å². The molecule has 0 saturated carbocycles. The third kappa shape index (κ3) is 0.802. The maximum atomic E-state index is 8.79. The highest BCUT2D eigenvalue weighted by atomic mass is 14.9. The van der Waals surface area contributed by atoms with Gasteiger partial charge in [0, 0.05) is 24.1 Å². The van der Waals surface area contributed by atoms with Crippen LogP contribution in [0.25, 0.3) is 10.9 Å². The molecule has 0 atom stereocenters. The second-order valence-electron chi connectivity index (χ2n) is 2.78. The summed E-state index contributed by atoms with van der Waals surface area (Å²) in [6.45, 7) is 0. The zero-order chi connectivity index (χ0) is 8.55. The number of aromatic nitrogens is 1. The Labute approximate surface area is 70.7 Å². The van der Waals surface area contributed by atoms with Gasteiger partial charge in [0.05, 0.1) is 11.6 Å². The molecule has 2 heteroatoms. The van der Waals surface area contributed by atoms with Crippen molar-refractivity contribution in [2.45, 2.75) is 0 Å². The van der Waals surface area contributed by atoms with Gasteiger partial charge in [-0.3, -0.25) is 0 Å². The fourth-order valence-electron chi connectivity index (χ4n) is 1.40. The van der Waals surface area contributed by atoms with E-state index in [1.165, 1.54) is 0 Å². The van der Waals surface area contributed by atoms with Crippen molar-refractivity contribution >= 4 is 10.9 Å². The summed E-state index contributed by atoms with van der Waals surface area (Å²) in [5, 5.41) is 9.82. The lowest BCUT2D eigenvalue weighted by atomic mass is 10.1. The van der Waals surface area contributed by atoms with Crippen molar-refractivity contribution in [3.8, 4) is 6.07 Å². The molecule has 0 aliphatic heterocycles. The van der Waals surface area contributed by atoms with Crippen molar-refractivity contribution in [2.75, 3.05) is 0 Å². The average Bonchev–Trinajstić information content (AvgIpc) is 2.48. The molecule has 12 heavy (non-hydrogen) atoms. The number of fused-ring (bicyclic) bond motifs is 1. The van der Waals surface area contributed by atoms with E-state index >= 15 is 0 Å². The van der Waals surface area contributed by atoms with Gasteiger partial charge in [-0.1, -0.05) is 6.07 Å². The molecule has 0 spiro atoms. The predicted molar refractivity (Wildman–Crippen MR) is 47.6 cm³/mol. The Hall–Kier alpha value is -1.75. The van der Waals surface area contributed by atoms with Crippen LogP contribution in [0, 0.1) is 11.3 Å². The molecule has 0 aliphatic carbocycles. The van der Waals surface area contributed by atoms with E-state index in [0.29, 0.717) is 0 Å². The van der Waals surface area contributed by atoms with E-state index in [4.69, 9.17) is 5.26 Å². The van der Waals surface area contributed by atoms with Crippen LogP contribution in [0.4, 0.5) is 0 Å². The second kappa shape index (κ2) is 2.38. The van der Waals surface area contributed by atoms with Gasteiger partial charge in [-0.05, 0) is 18.2 Å². The van der Waals surface area contributed by atoms with Crippen molar-refractivity contribution in [3.05, 3.63) is 36.0 Å². The number of nitrogens with zero attached hydrogens (tertiary/aromatic N) is 2. The summed E-state index contributed by atoms with van der Waals surface area (Å²) in [5.74, 6) is 0. The van der Waals surface area contributed by atoms with E-state index in [1.54, 1.807) is 0 Å². The van der Waals surface area contributed by atoms with Gasteiger partial charge in [0.2, 0.25) is 0 Å². The zero-order valence-electron chi connectivity index (χ0n) is 6.78. The van der Waals surface area contributed by atoms with Gasteiger partial charge >= 0.3 is 0 Å². The van der Waals surface area contributed by atoms with Crippen LogP contribution < -0.4 is 0 Å². The van der Waals surface area contributed by atoms with Crippen molar-refractivity contribution < 1.29 is 0 Å². The van der Waals surface area contributed by atoms with Crippen molar-refractivity contribution in [2.24, 2.45) is 7.05 Å². The molecule has 0 radical (unpaired) electrons. The van der Waals surface area contributed by atoms with Crippen LogP contribution >= 0.6 is 0 Å². The average molecular weight is 156 g/mol. The van der Waals surface area contributed by atoms with E-state index in [2.05, 4.69) is 6.07 Å². The van der Waals surface area contributed by atoms with Crippen LogP contribution in [0.1, 0.15) is 5.56 Å². The SMILES string of the molecule is Cn1ccc2c(C#N)cccc21. The molecule has 0 unspecified atom stereocenters. The molecular weight excluding hydrogens is 148 g/mol. The second-order valence-corrected chi connectivity index (χ2v) is 2.78. The summed E-state index contributed by atoms with van der Waals surface area (Å²) in [6, 6.07) is 9.89. The van der Waals surface area contributed by atoms with Crippen LogP contribution in [-0.4, -0.2) is 4.57 Å². The molecule has 1 aromatic heterocycles. The monoisotopic (exact) mass is 156 g/mol. The first-order chi connectivity index (χ1) is 5.83. The van der Waals surface area contributed by atoms with Crippen LogP contribution in [0.5, 0.6) is 0 Å². The third-order valence-corrected chi connectivity index (χ3v) is 2.05. The highest BCUT2D eigenvalue weighted by Gasteiger charge is 2.00. The molecule has 58 valence electrons. The van der Waals surface area contributed by atoms with Gasteiger partial charge in [-0.15, -0.1) is 0 Å². The highest BCUT2D eigenvalue weighted by Crippen LogP contribution is 2.18. The van der Waals surface area contributed by atoms with Crippen LogP contribution in [0.15, 0.2) is 30.5 Å². The maximum Gasteiger partial charge on any atom is 0.0998 e. The summed E-state index contributed by atoms with van der Waals surface area (Å²) in [4.78, 5) is 0. The van der Waals surface area contributed by atoms with Gasteiger partial charge in [0.25, 0.3) is 0 Å². The van der Waals surface area contributed by atoms with Gasteiger partial charge < -0.3 is 4.57 Å². The minimum Gasteiger partial charge on any atom is -0.351 e. The van der Waals surface area contributed by atoms with Gasteiger partial charge in [-0.25, -0.2) is 0 Å². The molecule has 1 aromatic carbocycles. The van der Waals surface area contributed by atoms with Crippen LogP contribution in [0.2, 0.25) is 0 Å². The maximum absolute atomic E-state index is 8.79. The highest BCUT2D eigenvalue weighted by molar-refractivity contribution is 5.85. The number of nitriles is 1.